The third-order valence-electron chi connectivity index (χ3n) is 4.93. The second kappa shape index (κ2) is 7.70. The highest BCUT2D eigenvalue weighted by molar-refractivity contribution is 6.32. The first-order chi connectivity index (χ1) is 12.5. The van der Waals surface area contributed by atoms with Gasteiger partial charge in [0.15, 0.2) is 5.76 Å². The monoisotopic (exact) mass is 355 g/mol. The molecule has 0 spiro atoms. The number of H-pyrrole nitrogens is 1. The van der Waals surface area contributed by atoms with Gasteiger partial charge in [-0.3, -0.25) is 4.79 Å². The van der Waals surface area contributed by atoms with Crippen LogP contribution in [0.25, 0.3) is 6.08 Å². The average Bonchev–Trinajstić information content (AvgIpc) is 3.33. The first-order valence-electron chi connectivity index (χ1n) is 8.96. The molecule has 0 atom stereocenters. The van der Waals surface area contributed by atoms with Crippen LogP contribution < -0.4 is 5.43 Å². The second-order valence-corrected chi connectivity index (χ2v) is 6.38. The average molecular weight is 355 g/mol. The Morgan fingerprint density at radius 2 is 2.04 bits per heavy atom. The Kier molecular flexibility index (Phi) is 5.37. The summed E-state index contributed by atoms with van der Waals surface area (Å²) in [5.74, 6) is 0.227. The highest BCUT2D eigenvalue weighted by atomic mass is 16.5. The molecule has 1 aliphatic rings. The maximum atomic E-state index is 12.2. The molecule has 26 heavy (non-hydrogen) atoms. The van der Waals surface area contributed by atoms with Crippen molar-refractivity contribution in [2.45, 2.75) is 34.1 Å². The van der Waals surface area contributed by atoms with Crippen LogP contribution in [0.1, 0.15) is 42.1 Å². The van der Waals surface area contributed by atoms with E-state index < -0.39 is 0 Å². The summed E-state index contributed by atoms with van der Waals surface area (Å²) in [6.45, 7) is 11.6. The van der Waals surface area contributed by atoms with Crippen LogP contribution in [0.4, 0.5) is 0 Å². The normalized spacial score (nSPS) is 15.8. The summed E-state index contributed by atoms with van der Waals surface area (Å²) < 4.78 is 5.15. The molecule has 0 saturated heterocycles. The quantitative estimate of drug-likeness (QED) is 0.747. The molecule has 0 unspecified atom stereocenters. The van der Waals surface area contributed by atoms with Crippen LogP contribution in [0.3, 0.4) is 0 Å². The van der Waals surface area contributed by atoms with Gasteiger partial charge in [0.25, 0.3) is 5.91 Å². The van der Waals surface area contributed by atoms with Gasteiger partial charge in [-0.25, -0.2) is 5.43 Å². The van der Waals surface area contributed by atoms with Crippen LogP contribution >= 0.6 is 0 Å². The molecule has 7 nitrogen and oxygen atoms in total. The van der Waals surface area contributed by atoms with Crippen molar-refractivity contribution in [1.29, 1.82) is 0 Å². The molecule has 2 aromatic heterocycles. The van der Waals surface area contributed by atoms with E-state index in [-0.39, 0.29) is 5.91 Å². The molecule has 3 rings (SSSR count). The third-order valence-corrected chi connectivity index (χ3v) is 4.93. The minimum atomic E-state index is -0.243. The third kappa shape index (κ3) is 3.48. The Hall–Kier alpha value is -2.67. The van der Waals surface area contributed by atoms with Gasteiger partial charge in [-0.15, -0.1) is 0 Å². The Labute approximate surface area is 153 Å². The lowest BCUT2D eigenvalue weighted by atomic mass is 10.0. The number of nitrogens with zero attached hydrogens (tertiary/aromatic N) is 3. The van der Waals surface area contributed by atoms with E-state index in [1.54, 1.807) is 6.07 Å². The highest BCUT2D eigenvalue weighted by Crippen LogP contribution is 2.23. The Morgan fingerprint density at radius 1 is 1.27 bits per heavy atom. The van der Waals surface area contributed by atoms with E-state index in [2.05, 4.69) is 53.3 Å². The van der Waals surface area contributed by atoms with Crippen LogP contribution in [0, 0.1) is 13.8 Å². The molecule has 138 valence electrons. The molecule has 1 amide bonds. The Bertz CT molecular complexity index is 842. The summed E-state index contributed by atoms with van der Waals surface area (Å²) in [5, 5.41) is 7.76. The van der Waals surface area contributed by atoms with Crippen LogP contribution in [-0.4, -0.2) is 46.3 Å². The molecule has 0 radical (unpaired) electrons. The van der Waals surface area contributed by atoms with E-state index in [1.165, 1.54) is 17.3 Å². The van der Waals surface area contributed by atoms with Crippen molar-refractivity contribution in [1.82, 2.24) is 20.5 Å². The minimum Gasteiger partial charge on any atom is -0.359 e. The summed E-state index contributed by atoms with van der Waals surface area (Å²) in [6.07, 6.45) is 4.36. The van der Waals surface area contributed by atoms with Crippen molar-refractivity contribution in [2.24, 2.45) is 5.10 Å². The van der Waals surface area contributed by atoms with Crippen LogP contribution in [0.15, 0.2) is 27.5 Å². The highest BCUT2D eigenvalue weighted by Gasteiger charge is 2.27. The Balaban J connectivity index is 1.88. The van der Waals surface area contributed by atoms with Gasteiger partial charge in [0, 0.05) is 24.0 Å². The first-order valence-corrected chi connectivity index (χ1v) is 8.96. The summed E-state index contributed by atoms with van der Waals surface area (Å²) in [4.78, 5) is 18.0. The number of aromatic nitrogens is 2. The molecule has 7 heteroatoms. The van der Waals surface area contributed by atoms with E-state index in [0.717, 1.165) is 37.4 Å². The molecule has 0 saturated carbocycles. The predicted molar refractivity (Wildman–Crippen MR) is 101 cm³/mol. The van der Waals surface area contributed by atoms with Crippen LogP contribution in [0.5, 0.6) is 0 Å². The zero-order chi connectivity index (χ0) is 18.7. The number of carbonyl (C=O) groups excluding carboxylic acids is 1. The van der Waals surface area contributed by atoms with Gasteiger partial charge in [0.1, 0.15) is 5.71 Å². The summed E-state index contributed by atoms with van der Waals surface area (Å²) in [5.41, 5.74) is 7.98. The topological polar surface area (TPSA) is 86.5 Å². The van der Waals surface area contributed by atoms with Crippen molar-refractivity contribution in [3.63, 3.8) is 0 Å². The lowest BCUT2D eigenvalue weighted by Gasteiger charge is -2.17. The van der Waals surface area contributed by atoms with Gasteiger partial charge in [-0.1, -0.05) is 19.0 Å². The first kappa shape index (κ1) is 18.1. The summed E-state index contributed by atoms with van der Waals surface area (Å²) in [6, 6.07) is 1.69. The Morgan fingerprint density at radius 3 is 2.69 bits per heavy atom. The van der Waals surface area contributed by atoms with E-state index in [9.17, 15) is 4.79 Å². The molecule has 0 bridgehead atoms. The van der Waals surface area contributed by atoms with Gasteiger partial charge in [0.2, 0.25) is 0 Å². The van der Waals surface area contributed by atoms with E-state index in [1.807, 2.05) is 6.08 Å². The number of aromatic amines is 1. The van der Waals surface area contributed by atoms with Crippen LogP contribution in [0.2, 0.25) is 0 Å². The maximum absolute atomic E-state index is 12.2. The van der Waals surface area contributed by atoms with Gasteiger partial charge in [-0.2, -0.15) is 5.10 Å². The van der Waals surface area contributed by atoms with Gasteiger partial charge in [-0.05, 0) is 50.6 Å². The number of hydrogen-bond donors (Lipinski definition) is 2. The van der Waals surface area contributed by atoms with Crippen molar-refractivity contribution in [2.75, 3.05) is 19.6 Å². The molecule has 2 N–H and O–H groups in total. The molecule has 0 fully saturated rings. The van der Waals surface area contributed by atoms with Gasteiger partial charge >= 0.3 is 0 Å². The standard InChI is InChI=1S/C19H25N5O2/c1-5-24(6-2)10-8-14-12(3)16(21-13(14)4)11-15-18(22-23-19(15)25)17-7-9-20-26-17/h7,9,11,21H,5-6,8,10H2,1-4H3,(H,23,25). The lowest BCUT2D eigenvalue weighted by molar-refractivity contribution is -0.116. The summed E-state index contributed by atoms with van der Waals surface area (Å²) >= 11 is 0. The fourth-order valence-electron chi connectivity index (χ4n) is 3.28. The number of amides is 1. The maximum Gasteiger partial charge on any atom is 0.273 e. The van der Waals surface area contributed by atoms with E-state index >= 15 is 0 Å². The largest absolute Gasteiger partial charge is 0.359 e. The number of likely N-dealkylation sites (N-methyl/N-ethyl adjacent to an activating group) is 1. The number of hydrazone groups is 1. The van der Waals surface area contributed by atoms with Gasteiger partial charge < -0.3 is 14.4 Å². The van der Waals surface area contributed by atoms with Crippen molar-refractivity contribution in [3.8, 4) is 0 Å². The molecular formula is C19H25N5O2. The molecule has 0 aliphatic carbocycles. The molecule has 1 aliphatic heterocycles. The van der Waals surface area contributed by atoms with Crippen LogP contribution in [-0.2, 0) is 11.2 Å². The number of nitrogens with one attached hydrogen (secondary N) is 2. The molecule has 0 aromatic carbocycles. The SMILES string of the molecule is CCN(CC)CCc1c(C)[nH]c(C=C2C(=O)NN=C2c2ccno2)c1C. The molecule has 2 aromatic rings. The smallest absolute Gasteiger partial charge is 0.273 e. The lowest BCUT2D eigenvalue weighted by Crippen LogP contribution is -2.25. The van der Waals surface area contributed by atoms with Crippen molar-refractivity contribution >= 4 is 17.7 Å². The fourth-order valence-corrected chi connectivity index (χ4v) is 3.28. The number of aryl methyl sites for hydroxylation is 1. The molecule has 3 heterocycles. The zero-order valence-electron chi connectivity index (χ0n) is 15.7. The zero-order valence-corrected chi connectivity index (χ0v) is 15.7. The molecular weight excluding hydrogens is 330 g/mol. The number of rotatable bonds is 7. The van der Waals surface area contributed by atoms with E-state index in [4.69, 9.17) is 4.52 Å². The summed E-state index contributed by atoms with van der Waals surface area (Å²) in [7, 11) is 0. The van der Waals surface area contributed by atoms with E-state index in [0.29, 0.717) is 17.0 Å². The number of hydrogen-bond acceptors (Lipinski definition) is 5. The van der Waals surface area contributed by atoms with Gasteiger partial charge in [0.05, 0.1) is 11.8 Å². The second-order valence-electron chi connectivity index (χ2n) is 6.38. The number of carbonyl (C=O) groups is 1. The predicted octanol–water partition coefficient (Wildman–Crippen LogP) is 2.42. The van der Waals surface area contributed by atoms with Crippen molar-refractivity contribution in [3.05, 3.63) is 46.1 Å². The fraction of sp³-hybridized carbons (Fsp3) is 0.421. The van der Waals surface area contributed by atoms with Crippen molar-refractivity contribution < 1.29 is 9.32 Å². The minimum absolute atomic E-state index is 0.243.